The van der Waals surface area contributed by atoms with Crippen LogP contribution in [0.15, 0.2) is 16.8 Å². The Balaban J connectivity index is 2.27. The number of benzene rings is 1. The van der Waals surface area contributed by atoms with Gasteiger partial charge in [0.25, 0.3) is 0 Å². The number of hydrogen-bond donors (Lipinski definition) is 2. The minimum Gasteiger partial charge on any atom is -0.379 e. The molecular weight excluding hydrogens is 218 g/mol. The van der Waals surface area contributed by atoms with E-state index in [1.807, 2.05) is 19.9 Å². The summed E-state index contributed by atoms with van der Waals surface area (Å²) in [6.45, 7) is 4.06. The number of rotatable bonds is 1. The summed E-state index contributed by atoms with van der Waals surface area (Å²) in [5, 5.41) is 7.26. The number of aromatic nitrogens is 4. The van der Waals surface area contributed by atoms with E-state index in [-0.39, 0.29) is 5.82 Å². The van der Waals surface area contributed by atoms with E-state index in [0.717, 1.165) is 16.6 Å². The Labute approximate surface area is 96.8 Å². The lowest BCUT2D eigenvalue weighted by Crippen LogP contribution is -1.89. The van der Waals surface area contributed by atoms with Gasteiger partial charge in [-0.15, -0.1) is 0 Å². The van der Waals surface area contributed by atoms with Crippen molar-refractivity contribution in [3.05, 3.63) is 23.3 Å². The molecule has 0 bridgehead atoms. The molecule has 3 rings (SSSR count). The Morgan fingerprint density at radius 3 is 2.76 bits per heavy atom. The number of anilines is 1. The van der Waals surface area contributed by atoms with Gasteiger partial charge in [0, 0.05) is 0 Å². The molecule has 86 valence electrons. The van der Waals surface area contributed by atoms with Crippen molar-refractivity contribution in [2.24, 2.45) is 0 Å². The van der Waals surface area contributed by atoms with Crippen LogP contribution in [0, 0.1) is 13.8 Å². The van der Waals surface area contributed by atoms with Gasteiger partial charge in [-0.3, -0.25) is 0 Å². The molecule has 0 spiro atoms. The van der Waals surface area contributed by atoms with E-state index in [1.165, 1.54) is 5.56 Å². The predicted octanol–water partition coefficient (Wildman–Crippen LogP) is 1.81. The zero-order valence-electron chi connectivity index (χ0n) is 9.48. The molecule has 0 saturated heterocycles. The monoisotopic (exact) mass is 229 g/mol. The molecule has 0 amide bonds. The number of H-pyrrole nitrogens is 1. The van der Waals surface area contributed by atoms with Gasteiger partial charge in [0.2, 0.25) is 0 Å². The number of nitrogen functional groups attached to an aromatic ring is 1. The molecule has 0 aliphatic carbocycles. The third kappa shape index (κ3) is 1.45. The largest absolute Gasteiger partial charge is 0.379 e. The first-order valence-electron chi connectivity index (χ1n) is 5.20. The molecule has 2 aromatic heterocycles. The van der Waals surface area contributed by atoms with Crippen molar-refractivity contribution in [2.45, 2.75) is 13.8 Å². The highest BCUT2D eigenvalue weighted by molar-refractivity contribution is 5.83. The van der Waals surface area contributed by atoms with E-state index in [2.05, 4.69) is 31.0 Å². The lowest BCUT2D eigenvalue weighted by molar-refractivity contribution is 0.310. The summed E-state index contributed by atoms with van der Waals surface area (Å²) in [5.41, 5.74) is 10.2. The lowest BCUT2D eigenvalue weighted by Gasteiger charge is -1.96. The number of hydrogen-bond acceptors (Lipinski definition) is 5. The average molecular weight is 229 g/mol. The number of fused-ring (bicyclic) bond motifs is 1. The molecule has 3 N–H and O–H groups in total. The van der Waals surface area contributed by atoms with E-state index in [0.29, 0.717) is 11.5 Å². The molecule has 0 saturated carbocycles. The summed E-state index contributed by atoms with van der Waals surface area (Å²) in [6, 6.07) is 4.11. The summed E-state index contributed by atoms with van der Waals surface area (Å²) in [7, 11) is 0. The Kier molecular flexibility index (Phi) is 1.91. The quantitative estimate of drug-likeness (QED) is 0.663. The first-order valence-corrected chi connectivity index (χ1v) is 5.20. The van der Waals surface area contributed by atoms with Gasteiger partial charge >= 0.3 is 0 Å². The third-order valence-electron chi connectivity index (χ3n) is 2.66. The van der Waals surface area contributed by atoms with Crippen LogP contribution in [-0.2, 0) is 0 Å². The fraction of sp³-hybridized carbons (Fsp3) is 0.182. The standard InChI is InChI=1S/C11H11N5O/c1-5-3-6(2)8-7(4-5)13-11(14-8)9-10(12)16-17-15-9/h3-4H,1-2H3,(H2,12,16)(H,13,14). The average Bonchev–Trinajstić information content (AvgIpc) is 2.83. The minimum atomic E-state index is 0.235. The van der Waals surface area contributed by atoms with Crippen LogP contribution in [0.2, 0.25) is 0 Å². The molecule has 17 heavy (non-hydrogen) atoms. The van der Waals surface area contributed by atoms with Crippen LogP contribution < -0.4 is 5.73 Å². The molecule has 0 aliphatic rings. The summed E-state index contributed by atoms with van der Waals surface area (Å²) in [6.07, 6.45) is 0. The van der Waals surface area contributed by atoms with E-state index in [1.54, 1.807) is 0 Å². The summed E-state index contributed by atoms with van der Waals surface area (Å²) in [4.78, 5) is 7.63. The van der Waals surface area contributed by atoms with Crippen LogP contribution in [0.25, 0.3) is 22.6 Å². The molecule has 6 heteroatoms. The summed E-state index contributed by atoms with van der Waals surface area (Å²) >= 11 is 0. The Bertz CT molecular complexity index is 697. The number of nitrogens with two attached hydrogens (primary N) is 1. The van der Waals surface area contributed by atoms with Gasteiger partial charge in [-0.05, 0) is 41.4 Å². The number of imidazole rings is 1. The summed E-state index contributed by atoms with van der Waals surface area (Å²) < 4.78 is 4.56. The second-order valence-electron chi connectivity index (χ2n) is 4.06. The van der Waals surface area contributed by atoms with Crippen molar-refractivity contribution in [3.8, 4) is 11.5 Å². The van der Waals surface area contributed by atoms with Crippen molar-refractivity contribution in [2.75, 3.05) is 5.73 Å². The van der Waals surface area contributed by atoms with Crippen molar-refractivity contribution in [1.29, 1.82) is 0 Å². The molecule has 0 atom stereocenters. The molecule has 1 aromatic carbocycles. The van der Waals surface area contributed by atoms with Gasteiger partial charge in [0.05, 0.1) is 11.0 Å². The van der Waals surface area contributed by atoms with Crippen molar-refractivity contribution >= 4 is 16.9 Å². The van der Waals surface area contributed by atoms with E-state index in [4.69, 9.17) is 5.73 Å². The van der Waals surface area contributed by atoms with Crippen LogP contribution in [0.3, 0.4) is 0 Å². The van der Waals surface area contributed by atoms with Gasteiger partial charge in [0.15, 0.2) is 17.3 Å². The van der Waals surface area contributed by atoms with Crippen LogP contribution in [0.1, 0.15) is 11.1 Å². The molecule has 0 radical (unpaired) electrons. The first kappa shape index (κ1) is 9.83. The van der Waals surface area contributed by atoms with Crippen LogP contribution in [0.4, 0.5) is 5.82 Å². The van der Waals surface area contributed by atoms with Crippen molar-refractivity contribution in [3.63, 3.8) is 0 Å². The van der Waals surface area contributed by atoms with Crippen molar-refractivity contribution in [1.82, 2.24) is 20.3 Å². The maximum atomic E-state index is 5.64. The maximum absolute atomic E-state index is 5.64. The highest BCUT2D eigenvalue weighted by Gasteiger charge is 2.14. The highest BCUT2D eigenvalue weighted by atomic mass is 16.6. The van der Waals surface area contributed by atoms with Crippen LogP contribution in [0.5, 0.6) is 0 Å². The molecule has 0 unspecified atom stereocenters. The van der Waals surface area contributed by atoms with E-state index >= 15 is 0 Å². The highest BCUT2D eigenvalue weighted by Crippen LogP contribution is 2.24. The fourth-order valence-electron chi connectivity index (χ4n) is 1.94. The Hall–Kier alpha value is -2.37. The normalized spacial score (nSPS) is 11.2. The smallest absolute Gasteiger partial charge is 0.199 e. The molecule has 0 aliphatic heterocycles. The minimum absolute atomic E-state index is 0.235. The second kappa shape index (κ2) is 3.31. The van der Waals surface area contributed by atoms with E-state index < -0.39 is 0 Å². The number of nitrogens with zero attached hydrogens (tertiary/aromatic N) is 3. The zero-order chi connectivity index (χ0) is 12.0. The summed E-state index contributed by atoms with van der Waals surface area (Å²) in [5.74, 6) is 0.811. The van der Waals surface area contributed by atoms with E-state index in [9.17, 15) is 0 Å². The molecule has 0 fully saturated rings. The molecule has 6 nitrogen and oxygen atoms in total. The van der Waals surface area contributed by atoms with Gasteiger partial charge in [-0.1, -0.05) is 6.07 Å². The Morgan fingerprint density at radius 2 is 2.06 bits per heavy atom. The molecular formula is C11H11N5O. The van der Waals surface area contributed by atoms with Crippen LogP contribution >= 0.6 is 0 Å². The number of aromatic amines is 1. The fourth-order valence-corrected chi connectivity index (χ4v) is 1.94. The van der Waals surface area contributed by atoms with Crippen molar-refractivity contribution < 1.29 is 4.63 Å². The number of aryl methyl sites for hydroxylation is 2. The second-order valence-corrected chi connectivity index (χ2v) is 4.06. The van der Waals surface area contributed by atoms with Gasteiger partial charge in [-0.2, -0.15) is 0 Å². The van der Waals surface area contributed by atoms with Gasteiger partial charge in [-0.25, -0.2) is 9.61 Å². The maximum Gasteiger partial charge on any atom is 0.199 e. The van der Waals surface area contributed by atoms with Gasteiger partial charge in [0.1, 0.15) is 0 Å². The first-order chi connectivity index (χ1) is 8.15. The molecule has 2 heterocycles. The lowest BCUT2D eigenvalue weighted by atomic mass is 10.1. The van der Waals surface area contributed by atoms with Gasteiger partial charge < -0.3 is 10.7 Å². The zero-order valence-corrected chi connectivity index (χ0v) is 9.48. The topological polar surface area (TPSA) is 93.6 Å². The Morgan fingerprint density at radius 1 is 1.24 bits per heavy atom. The SMILES string of the molecule is Cc1cc(C)c2nc(-c3nonc3N)[nH]c2c1. The number of nitrogens with one attached hydrogen (secondary N) is 1. The molecule has 3 aromatic rings. The van der Waals surface area contributed by atoms with Crippen LogP contribution in [-0.4, -0.2) is 20.3 Å². The third-order valence-corrected chi connectivity index (χ3v) is 2.66. The predicted molar refractivity (Wildman–Crippen MR) is 63.3 cm³/mol.